The van der Waals surface area contributed by atoms with Crippen LogP contribution in [0, 0.1) is 13.8 Å². The first kappa shape index (κ1) is 22.5. The summed E-state index contributed by atoms with van der Waals surface area (Å²) in [5, 5.41) is 4.22. The van der Waals surface area contributed by atoms with Crippen molar-refractivity contribution >= 4 is 39.4 Å². The summed E-state index contributed by atoms with van der Waals surface area (Å²) in [6, 6.07) is 16.6. The Balaban J connectivity index is 1.90. The van der Waals surface area contributed by atoms with Gasteiger partial charge in [0.25, 0.3) is 15.9 Å². The number of hydrazone groups is 1. The zero-order valence-electron chi connectivity index (χ0n) is 17.0. The molecule has 1 amide bonds. The summed E-state index contributed by atoms with van der Waals surface area (Å²) >= 11 is 6.11. The van der Waals surface area contributed by atoms with Crippen LogP contribution in [0.4, 0.5) is 5.69 Å². The first-order valence-electron chi connectivity index (χ1n) is 9.36. The topological polar surface area (TPSA) is 91.7 Å². The van der Waals surface area contributed by atoms with Crippen LogP contribution in [-0.2, 0) is 14.8 Å². The third-order valence-corrected chi connectivity index (χ3v) is 6.42. The number of pyridine rings is 1. The maximum absolute atomic E-state index is 13.4. The van der Waals surface area contributed by atoms with Gasteiger partial charge in [0.1, 0.15) is 6.54 Å². The van der Waals surface area contributed by atoms with Crippen molar-refractivity contribution in [3.05, 3.63) is 88.7 Å². The lowest BCUT2D eigenvalue weighted by Gasteiger charge is -2.25. The van der Waals surface area contributed by atoms with Gasteiger partial charge >= 0.3 is 0 Å². The summed E-state index contributed by atoms with van der Waals surface area (Å²) in [6.45, 7) is 3.14. The van der Waals surface area contributed by atoms with Crippen molar-refractivity contribution < 1.29 is 13.2 Å². The number of anilines is 1. The van der Waals surface area contributed by atoms with E-state index < -0.39 is 22.5 Å². The van der Waals surface area contributed by atoms with Crippen LogP contribution in [-0.4, -0.2) is 32.1 Å². The molecule has 0 aliphatic carbocycles. The average molecular weight is 457 g/mol. The molecule has 0 bridgehead atoms. The van der Waals surface area contributed by atoms with Crippen molar-refractivity contribution in [3.63, 3.8) is 0 Å². The fraction of sp³-hybridized carbons (Fsp3) is 0.136. The number of aromatic nitrogens is 1. The van der Waals surface area contributed by atoms with Crippen LogP contribution in [0.25, 0.3) is 0 Å². The lowest BCUT2D eigenvalue weighted by Crippen LogP contribution is -2.40. The molecule has 0 aliphatic heterocycles. The Morgan fingerprint density at radius 1 is 1.13 bits per heavy atom. The van der Waals surface area contributed by atoms with Crippen molar-refractivity contribution in [1.29, 1.82) is 0 Å². The first-order valence-corrected chi connectivity index (χ1v) is 11.2. The van der Waals surface area contributed by atoms with Crippen molar-refractivity contribution in [2.24, 2.45) is 5.10 Å². The molecule has 3 aromatic rings. The summed E-state index contributed by atoms with van der Waals surface area (Å²) in [5.41, 5.74) is 4.80. The zero-order valence-corrected chi connectivity index (χ0v) is 18.6. The van der Waals surface area contributed by atoms with Gasteiger partial charge in [0.2, 0.25) is 0 Å². The summed E-state index contributed by atoms with van der Waals surface area (Å²) in [6.07, 6.45) is 2.97. The summed E-state index contributed by atoms with van der Waals surface area (Å²) in [4.78, 5) is 16.7. The van der Waals surface area contributed by atoms with Crippen molar-refractivity contribution in [1.82, 2.24) is 10.4 Å². The van der Waals surface area contributed by atoms with E-state index in [1.54, 1.807) is 55.6 Å². The largest absolute Gasteiger partial charge is 0.271 e. The van der Waals surface area contributed by atoms with Gasteiger partial charge in [-0.05, 0) is 55.8 Å². The number of halogens is 1. The molecule has 0 fully saturated rings. The second-order valence-electron chi connectivity index (χ2n) is 6.80. The van der Waals surface area contributed by atoms with Gasteiger partial charge in [-0.3, -0.25) is 14.1 Å². The number of benzene rings is 2. The van der Waals surface area contributed by atoms with E-state index in [0.717, 1.165) is 9.87 Å². The van der Waals surface area contributed by atoms with E-state index in [0.29, 0.717) is 22.0 Å². The highest BCUT2D eigenvalue weighted by molar-refractivity contribution is 7.92. The molecule has 0 unspecified atom stereocenters. The number of hydrogen-bond donors (Lipinski definition) is 1. The summed E-state index contributed by atoms with van der Waals surface area (Å²) in [5.74, 6) is -0.609. The number of aryl methyl sites for hydroxylation is 2. The molecule has 2 aromatic carbocycles. The Labute approximate surface area is 186 Å². The van der Waals surface area contributed by atoms with Crippen LogP contribution in [0.15, 0.2) is 76.9 Å². The average Bonchev–Trinajstić information content (AvgIpc) is 2.75. The molecule has 9 heteroatoms. The van der Waals surface area contributed by atoms with Gasteiger partial charge in [-0.25, -0.2) is 13.8 Å². The Morgan fingerprint density at radius 2 is 1.87 bits per heavy atom. The number of hydrogen-bond acceptors (Lipinski definition) is 5. The van der Waals surface area contributed by atoms with E-state index in [2.05, 4.69) is 15.5 Å². The van der Waals surface area contributed by atoms with E-state index in [4.69, 9.17) is 11.6 Å². The Kier molecular flexibility index (Phi) is 7.04. The minimum Gasteiger partial charge on any atom is -0.271 e. The lowest BCUT2D eigenvalue weighted by atomic mass is 10.2. The summed E-state index contributed by atoms with van der Waals surface area (Å²) in [7, 11) is -4.03. The first-order chi connectivity index (χ1) is 14.8. The predicted molar refractivity (Wildman–Crippen MR) is 122 cm³/mol. The van der Waals surface area contributed by atoms with Crippen LogP contribution in [0.2, 0.25) is 5.02 Å². The standard InChI is InChI=1S/C22H21ClN4O3S/c1-16-6-10-20(11-7-16)31(29,30)27(21-13-18(23)9-8-17(21)2)15-22(28)26-25-14-19-5-3-4-12-24-19/h3-14H,15H2,1-2H3,(H,26,28)/b25-14+. The smallest absolute Gasteiger partial charge is 0.264 e. The monoisotopic (exact) mass is 456 g/mol. The highest BCUT2D eigenvalue weighted by Crippen LogP contribution is 2.29. The molecule has 31 heavy (non-hydrogen) atoms. The highest BCUT2D eigenvalue weighted by Gasteiger charge is 2.28. The molecule has 0 saturated heterocycles. The molecule has 3 rings (SSSR count). The molecule has 0 saturated carbocycles. The van der Waals surface area contributed by atoms with Crippen molar-refractivity contribution in [2.75, 3.05) is 10.8 Å². The quantitative estimate of drug-likeness (QED) is 0.433. The van der Waals surface area contributed by atoms with Gasteiger partial charge in [-0.1, -0.05) is 41.4 Å². The second kappa shape index (κ2) is 9.72. The molecule has 160 valence electrons. The van der Waals surface area contributed by atoms with E-state index in [9.17, 15) is 13.2 Å². The van der Waals surface area contributed by atoms with Gasteiger partial charge in [-0.15, -0.1) is 0 Å². The molecule has 0 aliphatic rings. The molecule has 1 heterocycles. The van der Waals surface area contributed by atoms with Gasteiger partial charge in [-0.2, -0.15) is 5.10 Å². The van der Waals surface area contributed by atoms with Gasteiger partial charge in [0, 0.05) is 11.2 Å². The maximum Gasteiger partial charge on any atom is 0.264 e. The summed E-state index contributed by atoms with van der Waals surface area (Å²) < 4.78 is 27.8. The van der Waals surface area contributed by atoms with Crippen LogP contribution < -0.4 is 9.73 Å². The van der Waals surface area contributed by atoms with Crippen LogP contribution in [0.5, 0.6) is 0 Å². The molecule has 0 spiro atoms. The van der Waals surface area contributed by atoms with E-state index in [-0.39, 0.29) is 4.90 Å². The maximum atomic E-state index is 13.4. The SMILES string of the molecule is Cc1ccc(S(=O)(=O)N(CC(=O)N/N=C/c2ccccn2)c2cc(Cl)ccc2C)cc1. The number of sulfonamides is 1. The van der Waals surface area contributed by atoms with E-state index in [1.807, 2.05) is 6.92 Å². The minimum atomic E-state index is -4.03. The molecular weight excluding hydrogens is 436 g/mol. The molecule has 1 N–H and O–H groups in total. The number of carbonyl (C=O) groups excluding carboxylic acids is 1. The minimum absolute atomic E-state index is 0.0715. The zero-order chi connectivity index (χ0) is 22.4. The number of nitrogens with one attached hydrogen (secondary N) is 1. The number of amides is 1. The second-order valence-corrected chi connectivity index (χ2v) is 9.10. The van der Waals surface area contributed by atoms with E-state index in [1.165, 1.54) is 24.4 Å². The molecule has 1 aromatic heterocycles. The Morgan fingerprint density at radius 3 is 2.55 bits per heavy atom. The number of rotatable bonds is 7. The van der Waals surface area contributed by atoms with Gasteiger partial charge in [0.05, 0.1) is 22.5 Å². The van der Waals surface area contributed by atoms with Gasteiger partial charge in [0.15, 0.2) is 0 Å². The Hall–Kier alpha value is -3.23. The molecular formula is C22H21ClN4O3S. The fourth-order valence-corrected chi connectivity index (χ4v) is 4.42. The fourth-order valence-electron chi connectivity index (χ4n) is 2.78. The third kappa shape index (κ3) is 5.68. The van der Waals surface area contributed by atoms with Gasteiger partial charge < -0.3 is 0 Å². The highest BCUT2D eigenvalue weighted by atomic mass is 35.5. The molecule has 0 atom stereocenters. The number of carbonyl (C=O) groups is 1. The van der Waals surface area contributed by atoms with Crippen molar-refractivity contribution in [2.45, 2.75) is 18.7 Å². The van der Waals surface area contributed by atoms with Crippen LogP contribution >= 0.6 is 11.6 Å². The van der Waals surface area contributed by atoms with Crippen LogP contribution in [0.3, 0.4) is 0 Å². The lowest BCUT2D eigenvalue weighted by molar-refractivity contribution is -0.119. The Bertz CT molecular complexity index is 1200. The predicted octanol–water partition coefficient (Wildman–Crippen LogP) is 3.70. The third-order valence-electron chi connectivity index (χ3n) is 4.41. The number of nitrogens with zero attached hydrogens (tertiary/aromatic N) is 3. The van der Waals surface area contributed by atoms with Crippen LogP contribution in [0.1, 0.15) is 16.8 Å². The molecule has 7 nitrogen and oxygen atoms in total. The van der Waals surface area contributed by atoms with E-state index >= 15 is 0 Å². The van der Waals surface area contributed by atoms with Crippen molar-refractivity contribution in [3.8, 4) is 0 Å². The normalized spacial score (nSPS) is 11.5. The molecule has 0 radical (unpaired) electrons.